The van der Waals surface area contributed by atoms with Crippen LogP contribution in [0, 0.1) is 11.8 Å². The predicted octanol–water partition coefficient (Wildman–Crippen LogP) is 6.33. The van der Waals surface area contributed by atoms with Crippen molar-refractivity contribution in [2.75, 3.05) is 49.4 Å². The number of hydrogen-bond acceptors (Lipinski definition) is 5. The minimum absolute atomic E-state index is 0.327. The van der Waals surface area contributed by atoms with Crippen LogP contribution in [-0.4, -0.2) is 45.7 Å². The molecule has 1 saturated heterocycles. The second-order valence-electron chi connectivity index (χ2n) is 9.18. The first-order chi connectivity index (χ1) is 16.3. The van der Waals surface area contributed by atoms with Crippen molar-refractivity contribution in [2.24, 2.45) is 11.8 Å². The highest BCUT2D eigenvalue weighted by Gasteiger charge is 2.29. The summed E-state index contributed by atoms with van der Waals surface area (Å²) < 4.78 is 17.3. The van der Waals surface area contributed by atoms with Crippen LogP contribution < -0.4 is 14.5 Å². The molecular weight excluding hydrogens is 412 g/mol. The molecule has 0 amide bonds. The average Bonchev–Trinajstić information content (AvgIpc) is 3.69. The van der Waals surface area contributed by atoms with Gasteiger partial charge in [-0.1, -0.05) is 19.9 Å². The molecule has 3 aliphatic rings. The fraction of sp³-hybridized carbons (Fsp3) is 0.571. The predicted molar refractivity (Wildman–Crippen MR) is 136 cm³/mol. The Hall–Kier alpha value is -2.24. The summed E-state index contributed by atoms with van der Waals surface area (Å²) in [6, 6.07) is 16.9. The smallest absolute Gasteiger partial charge is 0.129 e. The molecule has 2 aliphatic carbocycles. The number of rotatable bonds is 13. The zero-order valence-corrected chi connectivity index (χ0v) is 20.5. The van der Waals surface area contributed by atoms with Gasteiger partial charge in [0.1, 0.15) is 18.2 Å². The quantitative estimate of drug-likeness (QED) is 0.262. The lowest BCUT2D eigenvalue weighted by molar-refractivity contribution is 0.146. The van der Waals surface area contributed by atoms with Gasteiger partial charge in [-0.25, -0.2) is 0 Å². The highest BCUT2D eigenvalue weighted by molar-refractivity contribution is 5.53. The second-order valence-corrected chi connectivity index (χ2v) is 9.18. The maximum atomic E-state index is 6.22. The Balaban J connectivity index is 0.00000126. The Morgan fingerprint density at radius 1 is 0.818 bits per heavy atom. The number of nitrogens with zero attached hydrogens (tertiary/aromatic N) is 2. The Morgan fingerprint density at radius 2 is 1.48 bits per heavy atom. The van der Waals surface area contributed by atoms with E-state index in [4.69, 9.17) is 14.2 Å². The third kappa shape index (κ3) is 7.65. The van der Waals surface area contributed by atoms with Crippen LogP contribution in [0.1, 0.15) is 46.5 Å². The van der Waals surface area contributed by atoms with Gasteiger partial charge in [0.25, 0.3) is 0 Å². The molecule has 1 unspecified atom stereocenters. The van der Waals surface area contributed by atoms with Crippen molar-refractivity contribution < 1.29 is 14.2 Å². The van der Waals surface area contributed by atoms with Crippen LogP contribution >= 0.6 is 0 Å². The number of anilines is 2. The first-order valence-electron chi connectivity index (χ1n) is 12.8. The minimum atomic E-state index is 0.327. The summed E-state index contributed by atoms with van der Waals surface area (Å²) in [6.45, 7) is 11.4. The monoisotopic (exact) mass is 452 g/mol. The van der Waals surface area contributed by atoms with Crippen LogP contribution in [0.4, 0.5) is 11.4 Å². The molecule has 1 aliphatic heterocycles. The van der Waals surface area contributed by atoms with Gasteiger partial charge in [-0.3, -0.25) is 0 Å². The van der Waals surface area contributed by atoms with Crippen molar-refractivity contribution >= 4 is 11.4 Å². The summed E-state index contributed by atoms with van der Waals surface area (Å²) in [5, 5.41) is 0. The second kappa shape index (κ2) is 11.8. The molecule has 180 valence electrons. The summed E-state index contributed by atoms with van der Waals surface area (Å²) in [5.41, 5.74) is 2.42. The maximum absolute atomic E-state index is 6.22. The zero-order valence-electron chi connectivity index (χ0n) is 20.5. The molecule has 1 heterocycles. The van der Waals surface area contributed by atoms with Crippen LogP contribution in [0.2, 0.25) is 0 Å². The van der Waals surface area contributed by atoms with E-state index in [9.17, 15) is 0 Å². The summed E-state index contributed by atoms with van der Waals surface area (Å²) in [7, 11) is 0. The first-order valence-corrected chi connectivity index (χ1v) is 12.8. The van der Waals surface area contributed by atoms with Crippen LogP contribution in [0.15, 0.2) is 48.5 Å². The summed E-state index contributed by atoms with van der Waals surface area (Å²) in [5.74, 6) is 3.53. The summed E-state index contributed by atoms with van der Waals surface area (Å²) >= 11 is 0. The van der Waals surface area contributed by atoms with Crippen molar-refractivity contribution in [3.05, 3.63) is 48.5 Å². The lowest BCUT2D eigenvalue weighted by atomic mass is 10.2. The molecule has 3 fully saturated rings. The standard InChI is InChI=1S/C26H34N2O3.C2H6/c1-2-29-19-28(17-26-18-30-26)22-10-12-24(13-11-22)31-25-5-3-4-23(14-25)27(15-20-6-7-20)16-21-8-9-21;1-2/h3-5,10-14,20-21,26H,2,6-9,15-19H2,1H3;1-2H3. The van der Waals surface area contributed by atoms with Crippen molar-refractivity contribution in [3.8, 4) is 11.5 Å². The third-order valence-electron chi connectivity index (χ3n) is 6.25. The van der Waals surface area contributed by atoms with E-state index in [1.807, 2.05) is 32.9 Å². The van der Waals surface area contributed by atoms with E-state index >= 15 is 0 Å². The number of benzene rings is 2. The molecule has 5 rings (SSSR count). The van der Waals surface area contributed by atoms with Gasteiger partial charge in [-0.15, -0.1) is 0 Å². The highest BCUT2D eigenvalue weighted by Crippen LogP contribution is 2.37. The molecule has 0 spiro atoms. The van der Waals surface area contributed by atoms with Crippen molar-refractivity contribution in [1.82, 2.24) is 0 Å². The van der Waals surface area contributed by atoms with Crippen LogP contribution in [0.5, 0.6) is 11.5 Å². The molecule has 2 aromatic carbocycles. The number of ether oxygens (including phenoxy) is 3. The largest absolute Gasteiger partial charge is 0.457 e. The Kier molecular flexibility index (Phi) is 8.51. The van der Waals surface area contributed by atoms with Gasteiger partial charge in [0.2, 0.25) is 0 Å². The number of hydrogen-bond donors (Lipinski definition) is 0. The van der Waals surface area contributed by atoms with E-state index in [2.05, 4.69) is 46.2 Å². The Morgan fingerprint density at radius 3 is 2.06 bits per heavy atom. The van der Waals surface area contributed by atoms with Crippen LogP contribution in [0.25, 0.3) is 0 Å². The van der Waals surface area contributed by atoms with Crippen molar-refractivity contribution in [1.29, 1.82) is 0 Å². The minimum Gasteiger partial charge on any atom is -0.457 e. The molecule has 5 nitrogen and oxygen atoms in total. The normalized spacial score (nSPS) is 18.8. The average molecular weight is 453 g/mol. The molecule has 5 heteroatoms. The third-order valence-corrected chi connectivity index (χ3v) is 6.25. The van der Waals surface area contributed by atoms with Gasteiger partial charge < -0.3 is 24.0 Å². The van der Waals surface area contributed by atoms with Gasteiger partial charge >= 0.3 is 0 Å². The number of epoxide rings is 1. The fourth-order valence-corrected chi connectivity index (χ4v) is 3.97. The van der Waals surface area contributed by atoms with E-state index in [1.54, 1.807) is 0 Å². The van der Waals surface area contributed by atoms with Crippen LogP contribution in [-0.2, 0) is 9.47 Å². The molecule has 0 aromatic heterocycles. The molecule has 1 atom stereocenters. The molecule has 0 radical (unpaired) electrons. The van der Waals surface area contributed by atoms with Gasteiger partial charge in [0.05, 0.1) is 12.7 Å². The zero-order chi connectivity index (χ0) is 23.0. The van der Waals surface area contributed by atoms with E-state index in [1.165, 1.54) is 44.5 Å². The Labute approximate surface area is 199 Å². The van der Waals surface area contributed by atoms with E-state index < -0.39 is 0 Å². The molecule has 0 bridgehead atoms. The SMILES string of the molecule is CC.CCOCN(CC1CO1)c1ccc(Oc2cccc(N(CC3CC3)CC3CC3)c2)cc1. The Bertz CT molecular complexity index is 830. The van der Waals surface area contributed by atoms with Gasteiger partial charge in [-0.2, -0.15) is 0 Å². The lowest BCUT2D eigenvalue weighted by Gasteiger charge is -2.25. The van der Waals surface area contributed by atoms with E-state index in [0.717, 1.165) is 42.2 Å². The molecular formula is C28H40N2O3. The summed E-state index contributed by atoms with van der Waals surface area (Å²) in [4.78, 5) is 4.80. The fourth-order valence-electron chi connectivity index (χ4n) is 3.97. The molecule has 33 heavy (non-hydrogen) atoms. The van der Waals surface area contributed by atoms with Gasteiger partial charge in [0, 0.05) is 43.7 Å². The maximum Gasteiger partial charge on any atom is 0.129 e. The topological polar surface area (TPSA) is 37.5 Å². The molecule has 0 N–H and O–H groups in total. The lowest BCUT2D eigenvalue weighted by Crippen LogP contribution is -2.30. The van der Waals surface area contributed by atoms with Gasteiger partial charge in [-0.05, 0) is 80.8 Å². The van der Waals surface area contributed by atoms with Crippen molar-refractivity contribution in [2.45, 2.75) is 52.6 Å². The first kappa shape index (κ1) is 23.9. The van der Waals surface area contributed by atoms with Crippen LogP contribution in [0.3, 0.4) is 0 Å². The van der Waals surface area contributed by atoms with E-state index in [0.29, 0.717) is 19.4 Å². The summed E-state index contributed by atoms with van der Waals surface area (Å²) in [6.07, 6.45) is 5.87. The highest BCUT2D eigenvalue weighted by atomic mass is 16.6. The van der Waals surface area contributed by atoms with Gasteiger partial charge in [0.15, 0.2) is 0 Å². The molecule has 2 saturated carbocycles. The molecule has 2 aromatic rings. The van der Waals surface area contributed by atoms with E-state index in [-0.39, 0.29) is 0 Å². The van der Waals surface area contributed by atoms with Crippen molar-refractivity contribution in [3.63, 3.8) is 0 Å².